The van der Waals surface area contributed by atoms with Crippen LogP contribution in [0.5, 0.6) is 0 Å². The van der Waals surface area contributed by atoms with Crippen molar-refractivity contribution in [1.82, 2.24) is 4.90 Å². The number of carbonyl (C=O) groups excluding carboxylic acids is 2. The van der Waals surface area contributed by atoms with Gasteiger partial charge < -0.3 is 4.90 Å². The molecule has 1 aliphatic rings. The summed E-state index contributed by atoms with van der Waals surface area (Å²) in [6.45, 7) is 4.25. The first kappa shape index (κ1) is 11.6. The van der Waals surface area contributed by atoms with Crippen molar-refractivity contribution in [1.29, 1.82) is 0 Å². The fourth-order valence-corrected chi connectivity index (χ4v) is 2.07. The maximum Gasteiger partial charge on any atom is 0.248 e. The van der Waals surface area contributed by atoms with E-state index in [1.807, 2.05) is 49.1 Å². The number of hydrogen-bond donors (Lipinski definition) is 0. The van der Waals surface area contributed by atoms with Crippen LogP contribution < -0.4 is 4.90 Å². The maximum absolute atomic E-state index is 11.9. The monoisotopic (exact) mass is 232 g/mol. The molecule has 0 N–H and O–H groups in total. The predicted molar refractivity (Wildman–Crippen MR) is 65.6 cm³/mol. The fourth-order valence-electron chi connectivity index (χ4n) is 2.07. The zero-order chi connectivity index (χ0) is 12.4. The summed E-state index contributed by atoms with van der Waals surface area (Å²) in [4.78, 5) is 26.9. The molecule has 0 aliphatic carbocycles. The van der Waals surface area contributed by atoms with Crippen molar-refractivity contribution >= 4 is 17.5 Å². The Morgan fingerprint density at radius 3 is 2.00 bits per heavy atom. The lowest BCUT2D eigenvalue weighted by molar-refractivity contribution is -0.147. The molecular formula is C13H16N2O2. The van der Waals surface area contributed by atoms with E-state index in [0.717, 1.165) is 5.69 Å². The van der Waals surface area contributed by atoms with Crippen LogP contribution in [0.1, 0.15) is 13.8 Å². The number of amides is 2. The molecule has 0 spiro atoms. The van der Waals surface area contributed by atoms with Crippen LogP contribution in [0.3, 0.4) is 0 Å². The summed E-state index contributed by atoms with van der Waals surface area (Å²) in [6, 6.07) is 9.47. The van der Waals surface area contributed by atoms with E-state index in [4.69, 9.17) is 0 Å². The van der Waals surface area contributed by atoms with Crippen LogP contribution in [0.25, 0.3) is 0 Å². The van der Waals surface area contributed by atoms with E-state index in [1.54, 1.807) is 0 Å². The standard InChI is InChI=1S/C13H16N2O2/c1-10(2)15-12(16)8-14(9-13(15)17)11-6-4-3-5-7-11/h3-7,10H,8-9H2,1-2H3. The summed E-state index contributed by atoms with van der Waals surface area (Å²) < 4.78 is 0. The molecule has 0 bridgehead atoms. The molecule has 0 atom stereocenters. The second-order valence-corrected chi connectivity index (χ2v) is 4.44. The average Bonchev–Trinajstić information content (AvgIpc) is 2.28. The molecule has 4 nitrogen and oxygen atoms in total. The molecule has 2 rings (SSSR count). The van der Waals surface area contributed by atoms with Crippen LogP contribution >= 0.6 is 0 Å². The summed E-state index contributed by atoms with van der Waals surface area (Å²) >= 11 is 0. The van der Waals surface area contributed by atoms with Gasteiger partial charge >= 0.3 is 0 Å². The predicted octanol–water partition coefficient (Wildman–Crippen LogP) is 1.27. The second-order valence-electron chi connectivity index (χ2n) is 4.44. The van der Waals surface area contributed by atoms with Gasteiger partial charge in [0.05, 0.1) is 13.1 Å². The number of piperazine rings is 1. The van der Waals surface area contributed by atoms with E-state index in [2.05, 4.69) is 0 Å². The summed E-state index contributed by atoms with van der Waals surface area (Å²) in [6.07, 6.45) is 0. The number of benzene rings is 1. The van der Waals surface area contributed by atoms with E-state index >= 15 is 0 Å². The number of imide groups is 1. The molecule has 0 unspecified atom stereocenters. The van der Waals surface area contributed by atoms with Gasteiger partial charge in [-0.1, -0.05) is 18.2 Å². The summed E-state index contributed by atoms with van der Waals surface area (Å²) in [5.74, 6) is -0.250. The van der Waals surface area contributed by atoms with E-state index in [-0.39, 0.29) is 30.9 Å². The van der Waals surface area contributed by atoms with Gasteiger partial charge in [-0.2, -0.15) is 0 Å². The van der Waals surface area contributed by atoms with Crippen LogP contribution in [0, 0.1) is 0 Å². The summed E-state index contributed by atoms with van der Waals surface area (Å²) in [5, 5.41) is 0. The largest absolute Gasteiger partial charge is 0.353 e. The summed E-state index contributed by atoms with van der Waals surface area (Å²) in [5.41, 5.74) is 0.914. The first-order valence-electron chi connectivity index (χ1n) is 5.74. The van der Waals surface area contributed by atoms with Gasteiger partial charge in [-0.15, -0.1) is 0 Å². The minimum atomic E-state index is -0.125. The van der Waals surface area contributed by atoms with Crippen LogP contribution in [0.15, 0.2) is 30.3 Å². The highest BCUT2D eigenvalue weighted by molar-refractivity contribution is 6.03. The number of nitrogens with zero attached hydrogens (tertiary/aromatic N) is 2. The lowest BCUT2D eigenvalue weighted by Gasteiger charge is -2.35. The van der Waals surface area contributed by atoms with E-state index in [1.165, 1.54) is 4.90 Å². The second kappa shape index (κ2) is 4.57. The average molecular weight is 232 g/mol. The zero-order valence-electron chi connectivity index (χ0n) is 10.1. The molecule has 1 aromatic rings. The first-order chi connectivity index (χ1) is 8.09. The molecular weight excluding hydrogens is 216 g/mol. The van der Waals surface area contributed by atoms with Crippen molar-refractivity contribution in [3.05, 3.63) is 30.3 Å². The van der Waals surface area contributed by atoms with Crippen molar-refractivity contribution in [3.8, 4) is 0 Å². The molecule has 1 fully saturated rings. The topological polar surface area (TPSA) is 40.6 Å². The van der Waals surface area contributed by atoms with Gasteiger partial charge in [0.15, 0.2) is 0 Å². The highest BCUT2D eigenvalue weighted by Crippen LogP contribution is 2.17. The van der Waals surface area contributed by atoms with E-state index in [0.29, 0.717) is 0 Å². The third-order valence-corrected chi connectivity index (χ3v) is 2.83. The molecule has 1 aliphatic heterocycles. The summed E-state index contributed by atoms with van der Waals surface area (Å²) in [7, 11) is 0. The molecule has 4 heteroatoms. The Morgan fingerprint density at radius 1 is 1.00 bits per heavy atom. The van der Waals surface area contributed by atoms with Crippen molar-refractivity contribution in [3.63, 3.8) is 0 Å². The van der Waals surface area contributed by atoms with Gasteiger partial charge in [0.2, 0.25) is 11.8 Å². The Morgan fingerprint density at radius 2 is 1.53 bits per heavy atom. The third kappa shape index (κ3) is 2.30. The van der Waals surface area contributed by atoms with Gasteiger partial charge in [-0.25, -0.2) is 0 Å². The van der Waals surface area contributed by atoms with E-state index in [9.17, 15) is 9.59 Å². The van der Waals surface area contributed by atoms with Crippen LogP contribution in [0.4, 0.5) is 5.69 Å². The van der Waals surface area contributed by atoms with Gasteiger partial charge in [0.1, 0.15) is 0 Å². The highest BCUT2D eigenvalue weighted by Gasteiger charge is 2.32. The Kier molecular flexibility index (Phi) is 3.13. The number of anilines is 1. The number of rotatable bonds is 2. The lowest BCUT2D eigenvalue weighted by Crippen LogP contribution is -2.56. The van der Waals surface area contributed by atoms with Crippen LogP contribution in [-0.4, -0.2) is 35.8 Å². The smallest absolute Gasteiger partial charge is 0.248 e. The first-order valence-corrected chi connectivity index (χ1v) is 5.74. The number of para-hydroxylation sites is 1. The Bertz CT molecular complexity index is 410. The Labute approximate surface area is 101 Å². The fraction of sp³-hybridized carbons (Fsp3) is 0.385. The van der Waals surface area contributed by atoms with Crippen molar-refractivity contribution < 1.29 is 9.59 Å². The maximum atomic E-state index is 11.9. The minimum absolute atomic E-state index is 0.0621. The minimum Gasteiger partial charge on any atom is -0.353 e. The van der Waals surface area contributed by atoms with E-state index < -0.39 is 0 Å². The Hall–Kier alpha value is -1.84. The molecule has 0 radical (unpaired) electrons. The SMILES string of the molecule is CC(C)N1C(=O)CN(c2ccccc2)CC1=O. The Balaban J connectivity index is 2.17. The number of hydrogen-bond acceptors (Lipinski definition) is 3. The van der Waals surface area contributed by atoms with Gasteiger partial charge in [0, 0.05) is 11.7 Å². The molecule has 17 heavy (non-hydrogen) atoms. The molecule has 2 amide bonds. The van der Waals surface area contributed by atoms with Crippen molar-refractivity contribution in [2.45, 2.75) is 19.9 Å². The molecule has 90 valence electrons. The highest BCUT2D eigenvalue weighted by atomic mass is 16.2. The van der Waals surface area contributed by atoms with Gasteiger partial charge in [-0.05, 0) is 26.0 Å². The lowest BCUT2D eigenvalue weighted by atomic mass is 10.2. The normalized spacial score (nSPS) is 16.9. The third-order valence-electron chi connectivity index (χ3n) is 2.83. The van der Waals surface area contributed by atoms with Gasteiger partial charge in [-0.3, -0.25) is 14.5 Å². The van der Waals surface area contributed by atoms with Crippen LogP contribution in [-0.2, 0) is 9.59 Å². The molecule has 0 saturated carbocycles. The van der Waals surface area contributed by atoms with Gasteiger partial charge in [0.25, 0.3) is 0 Å². The molecule has 0 aromatic heterocycles. The molecule has 1 aromatic carbocycles. The number of carbonyl (C=O) groups is 2. The van der Waals surface area contributed by atoms with Crippen molar-refractivity contribution in [2.24, 2.45) is 0 Å². The quantitative estimate of drug-likeness (QED) is 0.721. The molecule has 1 saturated heterocycles. The zero-order valence-corrected chi connectivity index (χ0v) is 10.1. The van der Waals surface area contributed by atoms with Crippen LogP contribution in [0.2, 0.25) is 0 Å². The van der Waals surface area contributed by atoms with Crippen molar-refractivity contribution in [2.75, 3.05) is 18.0 Å². The molecule has 1 heterocycles.